The molecule has 0 fully saturated rings. The summed E-state index contributed by atoms with van der Waals surface area (Å²) >= 11 is 0. The van der Waals surface area contributed by atoms with Gasteiger partial charge in [0.15, 0.2) is 6.29 Å². The molecule has 0 saturated heterocycles. The van der Waals surface area contributed by atoms with E-state index in [1.807, 2.05) is 24.3 Å². The van der Waals surface area contributed by atoms with E-state index < -0.39 is 0 Å². The van der Waals surface area contributed by atoms with Gasteiger partial charge >= 0.3 is 0 Å². The van der Waals surface area contributed by atoms with Crippen LogP contribution in [-0.4, -0.2) is 16.1 Å². The summed E-state index contributed by atoms with van der Waals surface area (Å²) in [4.78, 5) is 10.6. The first-order chi connectivity index (χ1) is 8.36. The Hall–Kier alpha value is -2.42. The molecular weight excluding hydrogens is 212 g/mol. The first-order valence-corrected chi connectivity index (χ1v) is 5.36. The van der Waals surface area contributed by atoms with Crippen molar-refractivity contribution in [2.45, 2.75) is 0 Å². The Morgan fingerprint density at radius 2 is 1.88 bits per heavy atom. The average Bonchev–Trinajstić information content (AvgIpc) is 2.87. The number of aromatic nitrogens is 2. The van der Waals surface area contributed by atoms with E-state index in [1.165, 1.54) is 5.39 Å². The van der Waals surface area contributed by atoms with Crippen LogP contribution in [0.3, 0.4) is 0 Å². The average molecular weight is 222 g/mol. The molecule has 0 unspecified atom stereocenters. The second-order valence-corrected chi connectivity index (χ2v) is 3.87. The maximum Gasteiger partial charge on any atom is 0.153 e. The van der Waals surface area contributed by atoms with E-state index in [-0.39, 0.29) is 0 Å². The number of nitrogens with zero attached hydrogens (tertiary/aromatic N) is 2. The highest BCUT2D eigenvalue weighted by Gasteiger charge is 2.01. The Kier molecular flexibility index (Phi) is 2.22. The summed E-state index contributed by atoms with van der Waals surface area (Å²) in [5.74, 6) is 0. The molecule has 0 spiro atoms. The van der Waals surface area contributed by atoms with E-state index >= 15 is 0 Å². The van der Waals surface area contributed by atoms with Crippen LogP contribution in [0.25, 0.3) is 16.5 Å². The van der Waals surface area contributed by atoms with E-state index in [0.29, 0.717) is 5.56 Å². The van der Waals surface area contributed by atoms with Crippen LogP contribution in [0.4, 0.5) is 0 Å². The molecule has 1 heterocycles. The van der Waals surface area contributed by atoms with Crippen LogP contribution in [0.2, 0.25) is 0 Å². The SMILES string of the molecule is O=Cc1cnn(-c2ccc3ccccc3c2)c1. The van der Waals surface area contributed by atoms with E-state index in [1.54, 1.807) is 17.1 Å². The van der Waals surface area contributed by atoms with Crippen molar-refractivity contribution in [1.29, 1.82) is 0 Å². The number of carbonyl (C=O) groups is 1. The summed E-state index contributed by atoms with van der Waals surface area (Å²) in [5, 5.41) is 6.50. The minimum atomic E-state index is 0.582. The van der Waals surface area contributed by atoms with Gasteiger partial charge in [-0.3, -0.25) is 4.79 Å². The van der Waals surface area contributed by atoms with Gasteiger partial charge in [-0.15, -0.1) is 0 Å². The molecule has 0 N–H and O–H groups in total. The van der Waals surface area contributed by atoms with Gasteiger partial charge < -0.3 is 0 Å². The molecule has 3 aromatic rings. The van der Waals surface area contributed by atoms with Gasteiger partial charge in [-0.2, -0.15) is 5.10 Å². The molecule has 2 aromatic carbocycles. The second kappa shape index (κ2) is 3.87. The molecule has 0 amide bonds. The molecule has 1 aromatic heterocycles. The molecule has 0 aliphatic heterocycles. The van der Waals surface area contributed by atoms with Gasteiger partial charge in [0.2, 0.25) is 0 Å². The predicted octanol–water partition coefficient (Wildman–Crippen LogP) is 2.84. The van der Waals surface area contributed by atoms with Crippen molar-refractivity contribution in [1.82, 2.24) is 9.78 Å². The molecule has 82 valence electrons. The van der Waals surface area contributed by atoms with Gasteiger partial charge in [-0.25, -0.2) is 4.68 Å². The molecule has 3 heteroatoms. The van der Waals surface area contributed by atoms with Crippen molar-refractivity contribution in [3.8, 4) is 5.69 Å². The van der Waals surface area contributed by atoms with Crippen molar-refractivity contribution in [3.05, 3.63) is 60.4 Å². The topological polar surface area (TPSA) is 34.9 Å². The molecule has 0 saturated carbocycles. The van der Waals surface area contributed by atoms with E-state index in [2.05, 4.69) is 23.3 Å². The lowest BCUT2D eigenvalue weighted by atomic mass is 10.1. The number of rotatable bonds is 2. The fourth-order valence-electron chi connectivity index (χ4n) is 1.86. The number of aldehydes is 1. The Balaban J connectivity index is 2.14. The lowest BCUT2D eigenvalue weighted by Gasteiger charge is -2.03. The third-order valence-electron chi connectivity index (χ3n) is 2.74. The van der Waals surface area contributed by atoms with Crippen molar-refractivity contribution in [3.63, 3.8) is 0 Å². The van der Waals surface area contributed by atoms with Crippen molar-refractivity contribution in [2.75, 3.05) is 0 Å². The number of carbonyl (C=O) groups excluding carboxylic acids is 1. The fraction of sp³-hybridized carbons (Fsp3) is 0. The highest BCUT2D eigenvalue weighted by molar-refractivity contribution is 5.84. The van der Waals surface area contributed by atoms with E-state index in [9.17, 15) is 4.79 Å². The van der Waals surface area contributed by atoms with Crippen LogP contribution in [-0.2, 0) is 0 Å². The number of hydrogen-bond donors (Lipinski definition) is 0. The van der Waals surface area contributed by atoms with Gasteiger partial charge in [0.1, 0.15) is 0 Å². The smallest absolute Gasteiger partial charge is 0.153 e. The summed E-state index contributed by atoms with van der Waals surface area (Å²) in [7, 11) is 0. The minimum absolute atomic E-state index is 0.582. The van der Waals surface area contributed by atoms with Gasteiger partial charge in [0.25, 0.3) is 0 Å². The maximum absolute atomic E-state index is 10.6. The quantitative estimate of drug-likeness (QED) is 0.625. The largest absolute Gasteiger partial charge is 0.298 e. The van der Waals surface area contributed by atoms with Crippen LogP contribution in [0.5, 0.6) is 0 Å². The Labute approximate surface area is 98.3 Å². The van der Waals surface area contributed by atoms with Crippen LogP contribution < -0.4 is 0 Å². The first kappa shape index (κ1) is 9.78. The highest BCUT2D eigenvalue weighted by atomic mass is 16.1. The normalized spacial score (nSPS) is 10.6. The van der Waals surface area contributed by atoms with Crippen molar-refractivity contribution in [2.24, 2.45) is 0 Å². The van der Waals surface area contributed by atoms with Gasteiger partial charge in [-0.1, -0.05) is 30.3 Å². The zero-order valence-corrected chi connectivity index (χ0v) is 9.08. The van der Waals surface area contributed by atoms with Crippen LogP contribution in [0.15, 0.2) is 54.9 Å². The van der Waals surface area contributed by atoms with Gasteiger partial charge in [0, 0.05) is 6.20 Å². The monoisotopic (exact) mass is 222 g/mol. The van der Waals surface area contributed by atoms with Crippen LogP contribution in [0, 0.1) is 0 Å². The molecule has 0 atom stereocenters. The van der Waals surface area contributed by atoms with Gasteiger partial charge in [0.05, 0.1) is 17.4 Å². The molecule has 3 rings (SSSR count). The van der Waals surface area contributed by atoms with Crippen LogP contribution >= 0.6 is 0 Å². The molecule has 0 aliphatic rings. The highest BCUT2D eigenvalue weighted by Crippen LogP contribution is 2.17. The summed E-state index contributed by atoms with van der Waals surface area (Å²) in [5.41, 5.74) is 1.54. The van der Waals surface area contributed by atoms with E-state index in [0.717, 1.165) is 17.4 Å². The summed E-state index contributed by atoms with van der Waals surface area (Å²) < 4.78 is 1.70. The summed E-state index contributed by atoms with van der Waals surface area (Å²) in [6.45, 7) is 0. The van der Waals surface area contributed by atoms with Crippen LogP contribution in [0.1, 0.15) is 10.4 Å². The third-order valence-corrected chi connectivity index (χ3v) is 2.74. The predicted molar refractivity (Wildman–Crippen MR) is 66.5 cm³/mol. The number of hydrogen-bond acceptors (Lipinski definition) is 2. The summed E-state index contributed by atoms with van der Waals surface area (Å²) in [6, 6.07) is 14.2. The number of fused-ring (bicyclic) bond motifs is 1. The standard InChI is InChI=1S/C14H10N2O/c17-10-11-8-15-16(9-11)14-6-5-12-3-1-2-4-13(12)7-14/h1-10H. The Morgan fingerprint density at radius 3 is 2.65 bits per heavy atom. The zero-order valence-electron chi connectivity index (χ0n) is 9.08. The van der Waals surface area contributed by atoms with E-state index in [4.69, 9.17) is 0 Å². The maximum atomic E-state index is 10.6. The fourth-order valence-corrected chi connectivity index (χ4v) is 1.86. The molecule has 0 aliphatic carbocycles. The third kappa shape index (κ3) is 1.72. The Morgan fingerprint density at radius 1 is 1.06 bits per heavy atom. The first-order valence-electron chi connectivity index (χ1n) is 5.36. The zero-order chi connectivity index (χ0) is 11.7. The summed E-state index contributed by atoms with van der Waals surface area (Å²) in [6.07, 6.45) is 4.07. The number of benzene rings is 2. The molecule has 17 heavy (non-hydrogen) atoms. The lowest BCUT2D eigenvalue weighted by molar-refractivity contribution is 0.112. The van der Waals surface area contributed by atoms with Crippen molar-refractivity contribution < 1.29 is 4.79 Å². The van der Waals surface area contributed by atoms with Crippen molar-refractivity contribution >= 4 is 17.1 Å². The molecular formula is C14H10N2O. The lowest BCUT2D eigenvalue weighted by Crippen LogP contribution is -1.93. The van der Waals surface area contributed by atoms with Gasteiger partial charge in [-0.05, 0) is 22.9 Å². The molecule has 3 nitrogen and oxygen atoms in total. The minimum Gasteiger partial charge on any atom is -0.298 e. The molecule has 0 bridgehead atoms. The molecule has 0 radical (unpaired) electrons. The second-order valence-electron chi connectivity index (χ2n) is 3.87. The Bertz CT molecular complexity index is 685.